The lowest BCUT2D eigenvalue weighted by molar-refractivity contribution is -0.122. The second-order valence-electron chi connectivity index (χ2n) is 6.30. The van der Waals surface area contributed by atoms with Gasteiger partial charge < -0.3 is 20.7 Å². The normalized spacial score (nSPS) is 20.1. The van der Waals surface area contributed by atoms with Crippen molar-refractivity contribution in [3.05, 3.63) is 24.3 Å². The van der Waals surface area contributed by atoms with Crippen LogP contribution in [0.1, 0.15) is 39.0 Å². The number of amides is 3. The van der Waals surface area contributed by atoms with Crippen LogP contribution < -0.4 is 20.7 Å². The second kappa shape index (κ2) is 9.15. The highest BCUT2D eigenvalue weighted by Gasteiger charge is 2.22. The van der Waals surface area contributed by atoms with E-state index in [1.165, 1.54) is 19.3 Å². The van der Waals surface area contributed by atoms with Gasteiger partial charge in [0.05, 0.1) is 7.11 Å². The lowest BCUT2D eigenvalue weighted by atomic mass is 9.86. The third-order valence-corrected chi connectivity index (χ3v) is 4.44. The Morgan fingerprint density at radius 2 is 1.88 bits per heavy atom. The Kier molecular flexibility index (Phi) is 6.90. The van der Waals surface area contributed by atoms with Crippen molar-refractivity contribution < 1.29 is 14.3 Å². The molecular weight excluding hydrogens is 306 g/mol. The Labute approximate surface area is 143 Å². The first-order valence-electron chi connectivity index (χ1n) is 8.56. The zero-order chi connectivity index (χ0) is 17.4. The zero-order valence-corrected chi connectivity index (χ0v) is 14.4. The molecule has 132 valence electrons. The van der Waals surface area contributed by atoms with Gasteiger partial charge in [-0.25, -0.2) is 4.79 Å². The molecule has 0 spiro atoms. The number of anilines is 1. The molecule has 1 fully saturated rings. The fourth-order valence-corrected chi connectivity index (χ4v) is 2.95. The van der Waals surface area contributed by atoms with E-state index in [4.69, 9.17) is 4.74 Å². The molecule has 2 rings (SSSR count). The van der Waals surface area contributed by atoms with Gasteiger partial charge in [0.15, 0.2) is 0 Å². The van der Waals surface area contributed by atoms with Crippen molar-refractivity contribution in [1.29, 1.82) is 0 Å². The van der Waals surface area contributed by atoms with Gasteiger partial charge in [-0.3, -0.25) is 4.79 Å². The summed E-state index contributed by atoms with van der Waals surface area (Å²) >= 11 is 0. The monoisotopic (exact) mass is 333 g/mol. The van der Waals surface area contributed by atoms with Crippen molar-refractivity contribution in [2.45, 2.75) is 45.1 Å². The number of hydrogen-bond donors (Lipinski definition) is 3. The first kappa shape index (κ1) is 18.1. The second-order valence-corrected chi connectivity index (χ2v) is 6.30. The maximum absolute atomic E-state index is 12.0. The van der Waals surface area contributed by atoms with E-state index in [1.807, 2.05) is 0 Å². The third kappa shape index (κ3) is 5.76. The highest BCUT2D eigenvalue weighted by atomic mass is 16.5. The van der Waals surface area contributed by atoms with E-state index in [0.29, 0.717) is 24.6 Å². The molecule has 1 saturated carbocycles. The minimum atomic E-state index is -0.320. The van der Waals surface area contributed by atoms with Gasteiger partial charge in [-0.2, -0.15) is 0 Å². The molecule has 1 aromatic rings. The largest absolute Gasteiger partial charge is 0.497 e. The predicted molar refractivity (Wildman–Crippen MR) is 94.2 cm³/mol. The van der Waals surface area contributed by atoms with Gasteiger partial charge in [-0.1, -0.05) is 19.8 Å². The van der Waals surface area contributed by atoms with Crippen molar-refractivity contribution in [1.82, 2.24) is 10.6 Å². The maximum Gasteiger partial charge on any atom is 0.319 e. The van der Waals surface area contributed by atoms with Crippen LogP contribution in [0.2, 0.25) is 0 Å². The summed E-state index contributed by atoms with van der Waals surface area (Å²) in [5.74, 6) is 1.27. The molecule has 0 heterocycles. The van der Waals surface area contributed by atoms with Gasteiger partial charge in [0, 0.05) is 24.7 Å². The van der Waals surface area contributed by atoms with Crippen LogP contribution in [0.15, 0.2) is 24.3 Å². The number of ether oxygens (including phenoxy) is 1. The van der Waals surface area contributed by atoms with Crippen LogP contribution in [0.25, 0.3) is 0 Å². The SMILES string of the molecule is COc1ccc(NC(=O)NCCC(=O)N[C@H]2CCCC[C@H]2C)cc1. The Morgan fingerprint density at radius 1 is 1.17 bits per heavy atom. The zero-order valence-electron chi connectivity index (χ0n) is 14.4. The van der Waals surface area contributed by atoms with Crippen LogP contribution in [-0.4, -0.2) is 31.6 Å². The molecule has 24 heavy (non-hydrogen) atoms. The number of benzene rings is 1. The summed E-state index contributed by atoms with van der Waals surface area (Å²) in [6.07, 6.45) is 4.95. The van der Waals surface area contributed by atoms with E-state index >= 15 is 0 Å². The third-order valence-electron chi connectivity index (χ3n) is 4.44. The Balaban J connectivity index is 1.65. The average Bonchev–Trinajstić information content (AvgIpc) is 2.57. The fraction of sp³-hybridized carbons (Fsp3) is 0.556. The van der Waals surface area contributed by atoms with Crippen LogP contribution in [0.5, 0.6) is 5.75 Å². The molecule has 2 atom stereocenters. The van der Waals surface area contributed by atoms with Crippen LogP contribution in [-0.2, 0) is 4.79 Å². The van der Waals surface area contributed by atoms with Crippen LogP contribution in [0, 0.1) is 5.92 Å². The smallest absolute Gasteiger partial charge is 0.319 e. The van der Waals surface area contributed by atoms with Crippen LogP contribution in [0.3, 0.4) is 0 Å². The first-order chi connectivity index (χ1) is 11.6. The topological polar surface area (TPSA) is 79.5 Å². The molecule has 1 aromatic carbocycles. The standard InChI is InChI=1S/C18H27N3O3/c1-13-5-3-4-6-16(13)21-17(22)11-12-19-18(23)20-14-7-9-15(24-2)10-8-14/h7-10,13,16H,3-6,11-12H2,1-2H3,(H,21,22)(H2,19,20,23)/t13-,16+/m1/s1. The Bertz CT molecular complexity index is 545. The minimum absolute atomic E-state index is 0.00139. The lowest BCUT2D eigenvalue weighted by Crippen LogP contribution is -2.42. The van der Waals surface area contributed by atoms with Crippen molar-refractivity contribution in [2.24, 2.45) is 5.92 Å². The molecule has 6 nitrogen and oxygen atoms in total. The molecule has 1 aliphatic rings. The maximum atomic E-state index is 12.0. The predicted octanol–water partition coefficient (Wildman–Crippen LogP) is 2.90. The quantitative estimate of drug-likeness (QED) is 0.749. The van der Waals surface area contributed by atoms with Crippen molar-refractivity contribution in [2.75, 3.05) is 19.0 Å². The molecule has 3 N–H and O–H groups in total. The molecule has 0 radical (unpaired) electrons. The first-order valence-corrected chi connectivity index (χ1v) is 8.56. The van der Waals surface area contributed by atoms with Crippen LogP contribution >= 0.6 is 0 Å². The molecule has 6 heteroatoms. The van der Waals surface area contributed by atoms with Gasteiger partial charge in [-0.15, -0.1) is 0 Å². The Morgan fingerprint density at radius 3 is 2.54 bits per heavy atom. The summed E-state index contributed by atoms with van der Waals surface area (Å²) in [6, 6.07) is 7.02. The lowest BCUT2D eigenvalue weighted by Gasteiger charge is -2.29. The molecule has 0 saturated heterocycles. The van der Waals surface area contributed by atoms with Gasteiger partial charge in [-0.05, 0) is 43.0 Å². The van der Waals surface area contributed by atoms with Crippen molar-refractivity contribution >= 4 is 17.6 Å². The number of carbonyl (C=O) groups is 2. The number of hydrogen-bond acceptors (Lipinski definition) is 3. The number of carbonyl (C=O) groups excluding carboxylic acids is 2. The summed E-state index contributed by atoms with van der Waals surface area (Å²) < 4.78 is 5.06. The van der Waals surface area contributed by atoms with E-state index in [1.54, 1.807) is 31.4 Å². The summed E-state index contributed by atoms with van der Waals surface area (Å²) in [5.41, 5.74) is 0.675. The van der Waals surface area contributed by atoms with E-state index in [0.717, 1.165) is 12.2 Å². The average molecular weight is 333 g/mol. The fourth-order valence-electron chi connectivity index (χ4n) is 2.95. The number of rotatable bonds is 6. The minimum Gasteiger partial charge on any atom is -0.497 e. The van der Waals surface area contributed by atoms with E-state index in [9.17, 15) is 9.59 Å². The summed E-state index contributed by atoms with van der Waals surface area (Å²) in [4.78, 5) is 23.8. The van der Waals surface area contributed by atoms with Crippen LogP contribution in [0.4, 0.5) is 10.5 Å². The number of urea groups is 1. The molecule has 3 amide bonds. The molecule has 0 aliphatic heterocycles. The number of nitrogens with one attached hydrogen (secondary N) is 3. The molecule has 1 aliphatic carbocycles. The summed E-state index contributed by atoms with van der Waals surface area (Å²) in [5, 5.41) is 8.50. The highest BCUT2D eigenvalue weighted by molar-refractivity contribution is 5.89. The van der Waals surface area contributed by atoms with E-state index < -0.39 is 0 Å². The van der Waals surface area contributed by atoms with Gasteiger partial charge in [0.25, 0.3) is 0 Å². The molecular formula is C18H27N3O3. The molecule has 0 bridgehead atoms. The van der Waals surface area contributed by atoms with E-state index in [-0.39, 0.29) is 18.0 Å². The van der Waals surface area contributed by atoms with Crippen molar-refractivity contribution in [3.63, 3.8) is 0 Å². The Hall–Kier alpha value is -2.24. The van der Waals surface area contributed by atoms with Crippen molar-refractivity contribution in [3.8, 4) is 5.75 Å². The van der Waals surface area contributed by atoms with E-state index in [2.05, 4.69) is 22.9 Å². The molecule has 0 unspecified atom stereocenters. The van der Waals surface area contributed by atoms with Gasteiger partial charge in [0.2, 0.25) is 5.91 Å². The number of methoxy groups -OCH3 is 1. The highest BCUT2D eigenvalue weighted by Crippen LogP contribution is 2.23. The van der Waals surface area contributed by atoms with Gasteiger partial charge in [0.1, 0.15) is 5.75 Å². The summed E-state index contributed by atoms with van der Waals surface area (Å²) in [7, 11) is 1.59. The van der Waals surface area contributed by atoms with Gasteiger partial charge >= 0.3 is 6.03 Å². The summed E-state index contributed by atoms with van der Waals surface area (Å²) in [6.45, 7) is 2.50. The molecule has 0 aromatic heterocycles.